The SMILES string of the molecule is COc1ccc(CN2C(=O)C(=O)/C(=C(/O)c3cc(C)ccc3OC)C2c2ccc(N(C)C)cc2)cc1. The first kappa shape index (κ1) is 24.9. The molecule has 1 atom stereocenters. The minimum Gasteiger partial charge on any atom is -0.507 e. The van der Waals surface area contributed by atoms with E-state index in [0.29, 0.717) is 17.1 Å². The second kappa shape index (κ2) is 10.2. The molecule has 36 heavy (non-hydrogen) atoms. The summed E-state index contributed by atoms with van der Waals surface area (Å²) in [6.45, 7) is 2.08. The highest BCUT2D eigenvalue weighted by atomic mass is 16.5. The maximum Gasteiger partial charge on any atom is 0.295 e. The normalized spacial score (nSPS) is 16.8. The molecule has 4 rings (SSSR count). The zero-order chi connectivity index (χ0) is 26.0. The summed E-state index contributed by atoms with van der Waals surface area (Å²) in [5, 5.41) is 11.4. The number of hydrogen-bond acceptors (Lipinski definition) is 6. The van der Waals surface area contributed by atoms with Gasteiger partial charge in [0.05, 0.1) is 31.4 Å². The number of rotatable bonds is 7. The van der Waals surface area contributed by atoms with Crippen LogP contribution in [0.2, 0.25) is 0 Å². The van der Waals surface area contributed by atoms with Crippen LogP contribution in [0.3, 0.4) is 0 Å². The van der Waals surface area contributed by atoms with Crippen molar-refractivity contribution in [3.63, 3.8) is 0 Å². The van der Waals surface area contributed by atoms with E-state index in [2.05, 4.69) is 0 Å². The van der Waals surface area contributed by atoms with Crippen LogP contribution >= 0.6 is 0 Å². The molecule has 1 N–H and O–H groups in total. The van der Waals surface area contributed by atoms with Crippen molar-refractivity contribution in [3.05, 3.63) is 94.6 Å². The van der Waals surface area contributed by atoms with Crippen LogP contribution in [0.15, 0.2) is 72.3 Å². The van der Waals surface area contributed by atoms with Crippen LogP contribution in [0.1, 0.15) is 28.3 Å². The van der Waals surface area contributed by atoms with Gasteiger partial charge in [-0.1, -0.05) is 35.9 Å². The fourth-order valence-electron chi connectivity index (χ4n) is 4.42. The number of aryl methyl sites for hydroxylation is 1. The first-order valence-electron chi connectivity index (χ1n) is 11.6. The summed E-state index contributed by atoms with van der Waals surface area (Å²) in [7, 11) is 6.97. The summed E-state index contributed by atoms with van der Waals surface area (Å²) in [6.07, 6.45) is 0. The van der Waals surface area contributed by atoms with E-state index in [1.165, 1.54) is 12.0 Å². The van der Waals surface area contributed by atoms with Gasteiger partial charge >= 0.3 is 0 Å². The number of ketones is 1. The van der Waals surface area contributed by atoms with E-state index in [1.54, 1.807) is 19.2 Å². The molecule has 1 amide bonds. The molecule has 1 unspecified atom stereocenters. The van der Waals surface area contributed by atoms with E-state index >= 15 is 0 Å². The minimum atomic E-state index is -0.770. The quantitative estimate of drug-likeness (QED) is 0.296. The van der Waals surface area contributed by atoms with Gasteiger partial charge in [0.25, 0.3) is 11.7 Å². The van der Waals surface area contributed by atoms with Crippen molar-refractivity contribution in [3.8, 4) is 11.5 Å². The summed E-state index contributed by atoms with van der Waals surface area (Å²) in [5.74, 6) is -0.538. The highest BCUT2D eigenvalue weighted by Gasteiger charge is 2.46. The third-order valence-electron chi connectivity index (χ3n) is 6.39. The summed E-state index contributed by atoms with van der Waals surface area (Å²) >= 11 is 0. The second-order valence-corrected chi connectivity index (χ2v) is 8.96. The Morgan fingerprint density at radius 2 is 1.61 bits per heavy atom. The molecule has 3 aromatic rings. The van der Waals surface area contributed by atoms with E-state index in [1.807, 2.05) is 80.5 Å². The van der Waals surface area contributed by atoms with E-state index in [9.17, 15) is 14.7 Å². The van der Waals surface area contributed by atoms with Gasteiger partial charge in [0, 0.05) is 26.3 Å². The van der Waals surface area contributed by atoms with Crippen molar-refractivity contribution in [1.82, 2.24) is 4.90 Å². The lowest BCUT2D eigenvalue weighted by molar-refractivity contribution is -0.140. The van der Waals surface area contributed by atoms with Gasteiger partial charge in [-0.2, -0.15) is 0 Å². The maximum absolute atomic E-state index is 13.4. The van der Waals surface area contributed by atoms with Gasteiger partial charge in [0.1, 0.15) is 17.3 Å². The van der Waals surface area contributed by atoms with Crippen LogP contribution in [-0.2, 0) is 16.1 Å². The Hall–Kier alpha value is -4.26. The zero-order valence-corrected chi connectivity index (χ0v) is 21.1. The lowest BCUT2D eigenvalue weighted by Crippen LogP contribution is -2.29. The number of methoxy groups -OCH3 is 2. The Morgan fingerprint density at radius 1 is 0.944 bits per heavy atom. The van der Waals surface area contributed by atoms with Crippen LogP contribution in [-0.4, -0.2) is 50.0 Å². The monoisotopic (exact) mass is 486 g/mol. The Balaban J connectivity index is 1.87. The average molecular weight is 487 g/mol. The molecule has 186 valence electrons. The summed E-state index contributed by atoms with van der Waals surface area (Å²) in [4.78, 5) is 30.2. The van der Waals surface area contributed by atoms with Gasteiger partial charge < -0.3 is 24.4 Å². The number of carbonyl (C=O) groups excluding carboxylic acids is 2. The topological polar surface area (TPSA) is 79.3 Å². The number of amides is 1. The molecule has 0 aromatic heterocycles. The lowest BCUT2D eigenvalue weighted by atomic mass is 9.94. The number of aliphatic hydroxyl groups is 1. The fourth-order valence-corrected chi connectivity index (χ4v) is 4.42. The summed E-state index contributed by atoms with van der Waals surface area (Å²) in [6, 6.07) is 19.5. The second-order valence-electron chi connectivity index (χ2n) is 8.96. The minimum absolute atomic E-state index is 0.0371. The van der Waals surface area contributed by atoms with E-state index in [-0.39, 0.29) is 17.9 Å². The third-order valence-corrected chi connectivity index (χ3v) is 6.39. The van der Waals surface area contributed by atoms with Crippen molar-refractivity contribution >= 4 is 23.1 Å². The first-order chi connectivity index (χ1) is 17.2. The molecule has 0 radical (unpaired) electrons. The zero-order valence-electron chi connectivity index (χ0n) is 21.1. The van der Waals surface area contributed by atoms with E-state index < -0.39 is 17.7 Å². The van der Waals surface area contributed by atoms with Gasteiger partial charge in [-0.05, 0) is 54.4 Å². The average Bonchev–Trinajstić information content (AvgIpc) is 3.13. The molecule has 7 heteroatoms. The van der Waals surface area contributed by atoms with Crippen LogP contribution in [0.5, 0.6) is 11.5 Å². The number of Topliss-reactive ketones (excluding diaryl/α,β-unsaturated/α-hetero) is 1. The molecule has 0 bridgehead atoms. The van der Waals surface area contributed by atoms with E-state index in [4.69, 9.17) is 9.47 Å². The Morgan fingerprint density at radius 3 is 2.19 bits per heavy atom. The Bertz CT molecular complexity index is 1310. The molecule has 0 spiro atoms. The Kier molecular flexibility index (Phi) is 7.01. The largest absolute Gasteiger partial charge is 0.507 e. The predicted octanol–water partition coefficient (Wildman–Crippen LogP) is 4.70. The van der Waals surface area contributed by atoms with Crippen molar-refractivity contribution in [2.24, 2.45) is 0 Å². The lowest BCUT2D eigenvalue weighted by Gasteiger charge is -2.26. The Labute approximate surface area is 211 Å². The number of benzene rings is 3. The highest BCUT2D eigenvalue weighted by Crippen LogP contribution is 2.42. The molecule has 1 aliphatic rings. The molecule has 7 nitrogen and oxygen atoms in total. The van der Waals surface area contributed by atoms with Crippen molar-refractivity contribution in [1.29, 1.82) is 0 Å². The standard InChI is InChI=1S/C29H30N2O5/c1-18-6-15-24(36-5)23(16-18)27(32)25-26(20-9-11-21(12-10-20)30(2)3)31(29(34)28(25)33)17-19-7-13-22(35-4)14-8-19/h6-16,26,32H,17H2,1-5H3/b27-25+. The molecule has 0 aliphatic carbocycles. The fraction of sp³-hybridized carbons (Fsp3) is 0.241. The molecule has 0 saturated carbocycles. The maximum atomic E-state index is 13.4. The summed E-state index contributed by atoms with van der Waals surface area (Å²) in [5.41, 5.74) is 3.83. The third kappa shape index (κ3) is 4.64. The van der Waals surface area contributed by atoms with Crippen LogP contribution in [0.4, 0.5) is 5.69 Å². The van der Waals surface area contributed by atoms with Crippen LogP contribution < -0.4 is 14.4 Å². The van der Waals surface area contributed by atoms with Crippen LogP contribution in [0.25, 0.3) is 5.76 Å². The number of aliphatic hydroxyl groups excluding tert-OH is 1. The number of ether oxygens (including phenoxy) is 2. The molecule has 1 fully saturated rings. The molecule has 1 heterocycles. The number of anilines is 1. The van der Waals surface area contributed by atoms with Gasteiger partial charge in [0.15, 0.2) is 0 Å². The number of likely N-dealkylation sites (tertiary alicyclic amines) is 1. The van der Waals surface area contributed by atoms with Crippen molar-refractivity contribution in [2.75, 3.05) is 33.2 Å². The van der Waals surface area contributed by atoms with Gasteiger partial charge in [-0.15, -0.1) is 0 Å². The smallest absolute Gasteiger partial charge is 0.295 e. The predicted molar refractivity (Wildman–Crippen MR) is 139 cm³/mol. The first-order valence-corrected chi connectivity index (χ1v) is 11.6. The van der Waals surface area contributed by atoms with E-state index in [0.717, 1.165) is 22.4 Å². The molecule has 1 aliphatic heterocycles. The number of carbonyl (C=O) groups is 2. The molecule has 1 saturated heterocycles. The van der Waals surface area contributed by atoms with Gasteiger partial charge in [-0.25, -0.2) is 0 Å². The number of nitrogens with zero attached hydrogens (tertiary/aromatic N) is 2. The van der Waals surface area contributed by atoms with Gasteiger partial charge in [-0.3, -0.25) is 9.59 Å². The van der Waals surface area contributed by atoms with Crippen LogP contribution in [0, 0.1) is 6.92 Å². The number of hydrogen-bond donors (Lipinski definition) is 1. The van der Waals surface area contributed by atoms with Crippen molar-refractivity contribution in [2.45, 2.75) is 19.5 Å². The van der Waals surface area contributed by atoms with Gasteiger partial charge in [0.2, 0.25) is 0 Å². The highest BCUT2D eigenvalue weighted by molar-refractivity contribution is 6.46. The van der Waals surface area contributed by atoms with Crippen molar-refractivity contribution < 1.29 is 24.2 Å². The summed E-state index contributed by atoms with van der Waals surface area (Å²) < 4.78 is 10.7. The molecule has 3 aromatic carbocycles. The molecular formula is C29H30N2O5. The molecular weight excluding hydrogens is 456 g/mol.